The molecule has 4 nitrogen and oxygen atoms in total. The van der Waals surface area contributed by atoms with E-state index in [0.717, 1.165) is 32.6 Å². The van der Waals surface area contributed by atoms with E-state index in [1.54, 1.807) is 0 Å². The molecule has 0 aromatic carbocycles. The molecule has 0 aliphatic carbocycles. The number of rotatable bonds is 4. The lowest BCUT2D eigenvalue weighted by Gasteiger charge is -2.37. The number of nitrogens with two attached hydrogens (primary N) is 1. The van der Waals surface area contributed by atoms with Gasteiger partial charge in [0.05, 0.1) is 6.10 Å². The van der Waals surface area contributed by atoms with Crippen molar-refractivity contribution in [1.29, 1.82) is 0 Å². The zero-order valence-electron chi connectivity index (χ0n) is 9.32. The molecule has 1 fully saturated rings. The first-order chi connectivity index (χ1) is 6.63. The van der Waals surface area contributed by atoms with Crippen LogP contribution in [-0.2, 0) is 0 Å². The summed E-state index contributed by atoms with van der Waals surface area (Å²) in [6.07, 6.45) is 0.470. The highest BCUT2D eigenvalue weighted by molar-refractivity contribution is 4.77. The van der Waals surface area contributed by atoms with Crippen LogP contribution in [0, 0.1) is 0 Å². The Balaban J connectivity index is 2.20. The molecule has 2 atom stereocenters. The molecule has 84 valence electrons. The zero-order chi connectivity index (χ0) is 10.6. The molecule has 0 bridgehead atoms. The number of piperazine rings is 1. The topological polar surface area (TPSA) is 52.7 Å². The maximum Gasteiger partial charge on any atom is 0.0674 e. The maximum absolute atomic E-state index is 9.34. The third-order valence-electron chi connectivity index (χ3n) is 3.09. The van der Waals surface area contributed by atoms with Crippen molar-refractivity contribution in [3.63, 3.8) is 0 Å². The summed E-state index contributed by atoms with van der Waals surface area (Å²) in [6.45, 7) is 6.93. The quantitative estimate of drug-likeness (QED) is 0.633. The SMILES string of the molecule is CC1CN(CCC(O)CN)CCN1C. The third kappa shape index (κ3) is 3.53. The van der Waals surface area contributed by atoms with E-state index >= 15 is 0 Å². The second-order valence-electron chi connectivity index (χ2n) is 4.31. The molecule has 0 amide bonds. The van der Waals surface area contributed by atoms with Gasteiger partial charge >= 0.3 is 0 Å². The lowest BCUT2D eigenvalue weighted by Crippen LogP contribution is -2.50. The number of aliphatic hydroxyl groups excluding tert-OH is 1. The predicted molar refractivity (Wildman–Crippen MR) is 58.2 cm³/mol. The van der Waals surface area contributed by atoms with Gasteiger partial charge in [0.15, 0.2) is 0 Å². The normalized spacial score (nSPS) is 27.9. The molecule has 1 rings (SSSR count). The second-order valence-corrected chi connectivity index (χ2v) is 4.31. The predicted octanol–water partition coefficient (Wildman–Crippen LogP) is -0.668. The average Bonchev–Trinajstić information content (AvgIpc) is 2.19. The van der Waals surface area contributed by atoms with Crippen molar-refractivity contribution >= 4 is 0 Å². The highest BCUT2D eigenvalue weighted by Gasteiger charge is 2.20. The summed E-state index contributed by atoms with van der Waals surface area (Å²) in [6, 6.07) is 0.624. The van der Waals surface area contributed by atoms with E-state index in [-0.39, 0.29) is 6.10 Å². The van der Waals surface area contributed by atoms with E-state index in [2.05, 4.69) is 23.8 Å². The van der Waals surface area contributed by atoms with Gasteiger partial charge < -0.3 is 20.6 Å². The fraction of sp³-hybridized carbons (Fsp3) is 1.00. The summed E-state index contributed by atoms with van der Waals surface area (Å²) in [5.74, 6) is 0. The summed E-state index contributed by atoms with van der Waals surface area (Å²) < 4.78 is 0. The first-order valence-electron chi connectivity index (χ1n) is 5.44. The van der Waals surface area contributed by atoms with Crippen molar-refractivity contribution in [1.82, 2.24) is 9.80 Å². The van der Waals surface area contributed by atoms with Gasteiger partial charge in [-0.1, -0.05) is 0 Å². The van der Waals surface area contributed by atoms with Crippen molar-refractivity contribution in [3.8, 4) is 0 Å². The van der Waals surface area contributed by atoms with E-state index in [1.807, 2.05) is 0 Å². The average molecular weight is 201 g/mol. The number of hydrogen-bond donors (Lipinski definition) is 2. The summed E-state index contributed by atoms with van der Waals surface area (Å²) in [4.78, 5) is 4.78. The summed E-state index contributed by atoms with van der Waals surface area (Å²) in [5.41, 5.74) is 5.36. The van der Waals surface area contributed by atoms with E-state index in [0.29, 0.717) is 12.6 Å². The fourth-order valence-corrected chi connectivity index (χ4v) is 1.78. The lowest BCUT2D eigenvalue weighted by atomic mass is 10.2. The van der Waals surface area contributed by atoms with Crippen molar-refractivity contribution < 1.29 is 5.11 Å². The molecule has 4 heteroatoms. The van der Waals surface area contributed by atoms with Crippen LogP contribution in [0.4, 0.5) is 0 Å². The molecule has 0 aromatic heterocycles. The van der Waals surface area contributed by atoms with Crippen molar-refractivity contribution in [2.45, 2.75) is 25.5 Å². The summed E-state index contributed by atoms with van der Waals surface area (Å²) in [7, 11) is 2.16. The Morgan fingerprint density at radius 3 is 2.79 bits per heavy atom. The van der Waals surface area contributed by atoms with Crippen molar-refractivity contribution in [3.05, 3.63) is 0 Å². The van der Waals surface area contributed by atoms with Gasteiger partial charge in [-0.05, 0) is 20.4 Å². The maximum atomic E-state index is 9.34. The van der Waals surface area contributed by atoms with E-state index in [4.69, 9.17) is 5.73 Å². The Bertz CT molecular complexity index is 165. The highest BCUT2D eigenvalue weighted by atomic mass is 16.3. The molecule has 1 heterocycles. The fourth-order valence-electron chi connectivity index (χ4n) is 1.78. The van der Waals surface area contributed by atoms with E-state index in [9.17, 15) is 5.11 Å². The Kier molecular flexibility index (Phi) is 4.81. The molecule has 1 saturated heterocycles. The van der Waals surface area contributed by atoms with Crippen LogP contribution in [0.2, 0.25) is 0 Å². The van der Waals surface area contributed by atoms with Gasteiger partial charge in [0.1, 0.15) is 0 Å². The minimum absolute atomic E-state index is 0.329. The van der Waals surface area contributed by atoms with Gasteiger partial charge in [0, 0.05) is 38.8 Å². The molecule has 1 aliphatic rings. The Morgan fingerprint density at radius 1 is 1.50 bits per heavy atom. The van der Waals surface area contributed by atoms with Crippen molar-refractivity contribution in [2.75, 3.05) is 39.8 Å². The molecule has 3 N–H and O–H groups in total. The van der Waals surface area contributed by atoms with Gasteiger partial charge in [-0.15, -0.1) is 0 Å². The number of likely N-dealkylation sites (N-methyl/N-ethyl adjacent to an activating group) is 1. The van der Waals surface area contributed by atoms with Crippen LogP contribution in [0.15, 0.2) is 0 Å². The largest absolute Gasteiger partial charge is 0.392 e. The van der Waals surface area contributed by atoms with Gasteiger partial charge in [0.25, 0.3) is 0 Å². The third-order valence-corrected chi connectivity index (χ3v) is 3.09. The van der Waals surface area contributed by atoms with Gasteiger partial charge in [-0.25, -0.2) is 0 Å². The number of nitrogens with zero attached hydrogens (tertiary/aromatic N) is 2. The molecule has 0 radical (unpaired) electrons. The van der Waals surface area contributed by atoms with Crippen LogP contribution in [0.25, 0.3) is 0 Å². The van der Waals surface area contributed by atoms with Crippen LogP contribution in [0.1, 0.15) is 13.3 Å². The van der Waals surface area contributed by atoms with Gasteiger partial charge in [0.2, 0.25) is 0 Å². The second kappa shape index (κ2) is 5.66. The van der Waals surface area contributed by atoms with Crippen LogP contribution >= 0.6 is 0 Å². The molecule has 0 aromatic rings. The minimum atomic E-state index is -0.329. The highest BCUT2D eigenvalue weighted by Crippen LogP contribution is 2.07. The molecule has 0 saturated carbocycles. The Morgan fingerprint density at radius 2 is 2.21 bits per heavy atom. The zero-order valence-corrected chi connectivity index (χ0v) is 9.32. The molecule has 0 spiro atoms. The molecule has 1 aliphatic heterocycles. The standard InChI is InChI=1S/C10H23N3O/c1-9-8-13(6-5-12(9)2)4-3-10(14)7-11/h9-10,14H,3-8,11H2,1-2H3. The first-order valence-corrected chi connectivity index (χ1v) is 5.44. The number of hydrogen-bond acceptors (Lipinski definition) is 4. The van der Waals surface area contributed by atoms with Gasteiger partial charge in [-0.2, -0.15) is 0 Å². The monoisotopic (exact) mass is 201 g/mol. The molecule has 14 heavy (non-hydrogen) atoms. The van der Waals surface area contributed by atoms with Gasteiger partial charge in [-0.3, -0.25) is 0 Å². The van der Waals surface area contributed by atoms with Crippen molar-refractivity contribution in [2.24, 2.45) is 5.73 Å². The van der Waals surface area contributed by atoms with Crippen LogP contribution in [-0.4, -0.2) is 66.8 Å². The van der Waals surface area contributed by atoms with Crippen LogP contribution < -0.4 is 5.73 Å². The minimum Gasteiger partial charge on any atom is -0.392 e. The van der Waals surface area contributed by atoms with E-state index in [1.165, 1.54) is 0 Å². The lowest BCUT2D eigenvalue weighted by molar-refractivity contribution is 0.0858. The van der Waals surface area contributed by atoms with Crippen LogP contribution in [0.5, 0.6) is 0 Å². The summed E-state index contributed by atoms with van der Waals surface area (Å²) >= 11 is 0. The smallest absolute Gasteiger partial charge is 0.0674 e. The van der Waals surface area contributed by atoms with Crippen LogP contribution in [0.3, 0.4) is 0 Å². The number of aliphatic hydroxyl groups is 1. The molecule has 2 unspecified atom stereocenters. The Labute approximate surface area is 86.7 Å². The summed E-state index contributed by atoms with van der Waals surface area (Å²) in [5, 5.41) is 9.34. The molecular weight excluding hydrogens is 178 g/mol. The van der Waals surface area contributed by atoms with E-state index < -0.39 is 0 Å². The molecular formula is C10H23N3O. The Hall–Kier alpha value is -0.160. The first kappa shape index (κ1) is 11.9.